The Morgan fingerprint density at radius 3 is 2.67 bits per heavy atom. The van der Waals surface area contributed by atoms with Crippen LogP contribution in [0.3, 0.4) is 0 Å². The minimum absolute atomic E-state index is 0.110. The van der Waals surface area contributed by atoms with E-state index in [2.05, 4.69) is 33.9 Å². The molecule has 8 heteroatoms. The van der Waals surface area contributed by atoms with Crippen LogP contribution in [0.5, 0.6) is 0 Å². The molecule has 0 aliphatic heterocycles. The van der Waals surface area contributed by atoms with E-state index >= 15 is 0 Å². The number of rotatable bonds is 10. The molecule has 0 aliphatic rings. The molecule has 2 aromatic carbocycles. The molecule has 0 atom stereocenters. The van der Waals surface area contributed by atoms with Gasteiger partial charge in [0.2, 0.25) is 11.1 Å². The Kier molecular flexibility index (Phi) is 7.54. The predicted octanol–water partition coefficient (Wildman–Crippen LogP) is 5.20. The molecular formula is C25H28FN5OS. The van der Waals surface area contributed by atoms with Crippen molar-refractivity contribution in [2.45, 2.75) is 44.8 Å². The molecule has 6 nitrogen and oxygen atoms in total. The van der Waals surface area contributed by atoms with Crippen LogP contribution in [0.4, 0.5) is 4.39 Å². The van der Waals surface area contributed by atoms with Gasteiger partial charge in [-0.1, -0.05) is 55.9 Å². The molecule has 0 saturated heterocycles. The number of halogens is 1. The molecule has 0 saturated carbocycles. The number of benzene rings is 2. The van der Waals surface area contributed by atoms with Gasteiger partial charge in [0.1, 0.15) is 11.3 Å². The molecule has 2 aromatic heterocycles. The highest BCUT2D eigenvalue weighted by atomic mass is 32.2. The third-order valence-electron chi connectivity index (χ3n) is 5.35. The van der Waals surface area contributed by atoms with Crippen LogP contribution in [0.15, 0.2) is 53.7 Å². The number of hydrogen-bond acceptors (Lipinski definition) is 5. The molecule has 4 aromatic rings. The second-order valence-electron chi connectivity index (χ2n) is 8.50. The molecular weight excluding hydrogens is 437 g/mol. The van der Waals surface area contributed by atoms with Gasteiger partial charge in [0, 0.05) is 30.6 Å². The highest BCUT2D eigenvalue weighted by molar-refractivity contribution is 7.99. The lowest BCUT2D eigenvalue weighted by atomic mass is 10.2. The maximum absolute atomic E-state index is 13.3. The van der Waals surface area contributed by atoms with Crippen molar-refractivity contribution in [3.05, 3.63) is 59.9 Å². The molecule has 1 amide bonds. The van der Waals surface area contributed by atoms with E-state index in [9.17, 15) is 9.18 Å². The summed E-state index contributed by atoms with van der Waals surface area (Å²) < 4.78 is 15.5. The van der Waals surface area contributed by atoms with Gasteiger partial charge in [-0.2, -0.15) is 0 Å². The van der Waals surface area contributed by atoms with Crippen LogP contribution in [-0.4, -0.2) is 38.0 Å². The van der Waals surface area contributed by atoms with E-state index < -0.39 is 0 Å². The minimum Gasteiger partial charge on any atom is -0.356 e. The van der Waals surface area contributed by atoms with Gasteiger partial charge in [0.05, 0.1) is 5.52 Å². The van der Waals surface area contributed by atoms with Gasteiger partial charge in [-0.15, -0.1) is 10.2 Å². The third-order valence-corrected chi connectivity index (χ3v) is 6.27. The van der Waals surface area contributed by atoms with Crippen LogP contribution in [-0.2, 0) is 11.3 Å². The van der Waals surface area contributed by atoms with Crippen LogP contribution >= 0.6 is 11.8 Å². The first kappa shape index (κ1) is 23.2. The monoisotopic (exact) mass is 465 g/mol. The number of nitrogens with zero attached hydrogens (tertiary/aromatic N) is 4. The summed E-state index contributed by atoms with van der Waals surface area (Å²) in [5.74, 6) is 1.14. The van der Waals surface area contributed by atoms with Gasteiger partial charge >= 0.3 is 0 Å². The number of nitrogens with one attached hydrogen (secondary N) is 1. The first-order chi connectivity index (χ1) is 16.0. The van der Waals surface area contributed by atoms with Gasteiger partial charge in [0.15, 0.2) is 5.65 Å². The maximum Gasteiger partial charge on any atom is 0.220 e. The summed E-state index contributed by atoms with van der Waals surface area (Å²) >= 11 is 1.55. The fourth-order valence-electron chi connectivity index (χ4n) is 3.64. The molecule has 0 aliphatic carbocycles. The van der Waals surface area contributed by atoms with Crippen LogP contribution in [0, 0.1) is 11.7 Å². The number of fused-ring (bicyclic) bond motifs is 3. The topological polar surface area (TPSA) is 72.7 Å². The van der Waals surface area contributed by atoms with Gasteiger partial charge < -0.3 is 9.88 Å². The largest absolute Gasteiger partial charge is 0.356 e. The highest BCUT2D eigenvalue weighted by Crippen LogP contribution is 2.28. The van der Waals surface area contributed by atoms with Crippen molar-refractivity contribution in [1.29, 1.82) is 0 Å². The van der Waals surface area contributed by atoms with E-state index in [4.69, 9.17) is 4.98 Å². The zero-order chi connectivity index (χ0) is 23.2. The van der Waals surface area contributed by atoms with E-state index in [1.54, 1.807) is 23.9 Å². The summed E-state index contributed by atoms with van der Waals surface area (Å²) in [6, 6.07) is 14.6. The van der Waals surface area contributed by atoms with Crippen molar-refractivity contribution in [1.82, 2.24) is 25.1 Å². The molecule has 0 fully saturated rings. The maximum atomic E-state index is 13.3. The van der Waals surface area contributed by atoms with Crippen LogP contribution in [0.25, 0.3) is 22.1 Å². The SMILES string of the molecule is CC(C)CNC(=O)CCCCSc1nnc2c3ccccc3n(Cc3ccc(F)cc3)c2n1. The number of para-hydroxylation sites is 1. The second kappa shape index (κ2) is 10.7. The Bertz CT molecular complexity index is 1240. The van der Waals surface area contributed by atoms with Gasteiger partial charge in [-0.05, 0) is 42.5 Å². The lowest BCUT2D eigenvalue weighted by Crippen LogP contribution is -2.26. The standard InChI is InChI=1S/C25H28FN5OS/c1-17(2)15-27-22(32)9-5-6-14-33-25-28-24-23(29-30-25)20-7-3-4-8-21(20)31(24)16-18-10-12-19(26)13-11-18/h3-4,7-8,10-13,17H,5-6,9,14-16H2,1-2H3,(H,27,32). The first-order valence-corrected chi connectivity index (χ1v) is 12.3. The molecule has 0 unspecified atom stereocenters. The Labute approximate surface area is 197 Å². The molecule has 2 heterocycles. The Morgan fingerprint density at radius 1 is 1.09 bits per heavy atom. The molecule has 172 valence electrons. The molecule has 0 radical (unpaired) electrons. The summed E-state index contributed by atoms with van der Waals surface area (Å²) in [5.41, 5.74) is 3.54. The summed E-state index contributed by atoms with van der Waals surface area (Å²) in [6.07, 6.45) is 2.27. The van der Waals surface area contributed by atoms with E-state index in [1.807, 2.05) is 24.3 Å². The van der Waals surface area contributed by atoms with Crippen molar-refractivity contribution in [2.75, 3.05) is 12.3 Å². The minimum atomic E-state index is -0.249. The van der Waals surface area contributed by atoms with Gasteiger partial charge in [0.25, 0.3) is 0 Å². The first-order valence-electron chi connectivity index (χ1n) is 11.3. The number of amides is 1. The second-order valence-corrected chi connectivity index (χ2v) is 9.56. The van der Waals surface area contributed by atoms with Crippen molar-refractivity contribution < 1.29 is 9.18 Å². The van der Waals surface area contributed by atoms with Crippen LogP contribution in [0.2, 0.25) is 0 Å². The quantitative estimate of drug-likeness (QED) is 0.257. The van der Waals surface area contributed by atoms with Gasteiger partial charge in [-0.25, -0.2) is 9.37 Å². The Balaban J connectivity index is 1.45. The molecule has 4 rings (SSSR count). The van der Waals surface area contributed by atoms with E-state index in [1.165, 1.54) is 12.1 Å². The summed E-state index contributed by atoms with van der Waals surface area (Å²) in [4.78, 5) is 16.6. The number of thioether (sulfide) groups is 1. The van der Waals surface area contributed by atoms with Crippen molar-refractivity contribution in [3.63, 3.8) is 0 Å². The fraction of sp³-hybridized carbons (Fsp3) is 0.360. The smallest absolute Gasteiger partial charge is 0.220 e. The number of hydrogen-bond donors (Lipinski definition) is 1. The van der Waals surface area contributed by atoms with Crippen molar-refractivity contribution in [2.24, 2.45) is 5.92 Å². The normalized spacial score (nSPS) is 11.5. The van der Waals surface area contributed by atoms with E-state index in [0.29, 0.717) is 24.0 Å². The lowest BCUT2D eigenvalue weighted by molar-refractivity contribution is -0.121. The number of aromatic nitrogens is 4. The van der Waals surface area contributed by atoms with Crippen LogP contribution < -0.4 is 5.32 Å². The molecule has 33 heavy (non-hydrogen) atoms. The average Bonchev–Trinajstić information content (AvgIpc) is 3.12. The van der Waals surface area contributed by atoms with Crippen LogP contribution in [0.1, 0.15) is 38.7 Å². The van der Waals surface area contributed by atoms with Crippen molar-refractivity contribution in [3.8, 4) is 0 Å². The summed E-state index contributed by atoms with van der Waals surface area (Å²) in [6.45, 7) is 5.46. The zero-order valence-electron chi connectivity index (χ0n) is 18.9. The predicted molar refractivity (Wildman–Crippen MR) is 131 cm³/mol. The lowest BCUT2D eigenvalue weighted by Gasteiger charge is -2.08. The van der Waals surface area contributed by atoms with Crippen molar-refractivity contribution >= 4 is 39.7 Å². The third kappa shape index (κ3) is 5.87. The molecule has 0 bridgehead atoms. The Hall–Kier alpha value is -3.00. The fourth-order valence-corrected chi connectivity index (χ4v) is 4.42. The number of carbonyl (C=O) groups is 1. The number of unbranched alkanes of at least 4 members (excludes halogenated alkanes) is 1. The Morgan fingerprint density at radius 2 is 1.88 bits per heavy atom. The summed E-state index contributed by atoms with van der Waals surface area (Å²) in [5, 5.41) is 13.4. The molecule has 1 N–H and O–H groups in total. The average molecular weight is 466 g/mol. The van der Waals surface area contributed by atoms with E-state index in [-0.39, 0.29) is 11.7 Å². The molecule has 0 spiro atoms. The van der Waals surface area contributed by atoms with Gasteiger partial charge in [-0.3, -0.25) is 4.79 Å². The highest BCUT2D eigenvalue weighted by Gasteiger charge is 2.15. The number of carbonyl (C=O) groups excluding carboxylic acids is 1. The summed E-state index contributed by atoms with van der Waals surface area (Å²) in [7, 11) is 0. The zero-order valence-corrected chi connectivity index (χ0v) is 19.7. The van der Waals surface area contributed by atoms with E-state index in [0.717, 1.165) is 52.8 Å².